The third-order valence-electron chi connectivity index (χ3n) is 4.56. The molecule has 1 unspecified atom stereocenters. The van der Waals surface area contributed by atoms with Crippen molar-refractivity contribution in [1.82, 2.24) is 0 Å². The Hall–Kier alpha value is -1.26. The lowest BCUT2D eigenvalue weighted by Crippen LogP contribution is -2.37. The van der Waals surface area contributed by atoms with Gasteiger partial charge in [0.15, 0.2) is 0 Å². The standard InChI is InChI=1S/C25H44NO4P/c1-5-6-7-8-9-10-11-12-13-14-15-16-17-18-19-20-21-22-25(27)31(28,29)30-24-23-26(2,3)4/h9-10,12-13,15-16,18-19H,5-8,11,14,17,20-24H2,1-4H3/p+1/b10-9-,13-12-,16-15-,19-18-. The number of unbranched alkanes of at least 4 members (excludes halogenated alkanes) is 4. The maximum atomic E-state index is 11.9. The predicted octanol–water partition coefficient (Wildman–Crippen LogP) is 6.57. The van der Waals surface area contributed by atoms with Gasteiger partial charge in [0.25, 0.3) is 0 Å². The molecule has 5 nitrogen and oxygen atoms in total. The molecule has 0 fully saturated rings. The van der Waals surface area contributed by atoms with Crippen molar-refractivity contribution in [3.63, 3.8) is 0 Å². The molecule has 0 aliphatic heterocycles. The largest absolute Gasteiger partial charge is 0.394 e. The first-order chi connectivity index (χ1) is 14.7. The highest BCUT2D eigenvalue weighted by molar-refractivity contribution is 7.70. The van der Waals surface area contributed by atoms with E-state index in [1.165, 1.54) is 25.7 Å². The number of allylic oxidation sites excluding steroid dienone is 8. The maximum absolute atomic E-state index is 11.9. The molecular formula is C25H45NO4P+. The van der Waals surface area contributed by atoms with E-state index >= 15 is 0 Å². The number of quaternary nitrogens is 1. The molecular weight excluding hydrogens is 409 g/mol. The predicted molar refractivity (Wildman–Crippen MR) is 132 cm³/mol. The average molecular weight is 455 g/mol. The van der Waals surface area contributed by atoms with Crippen LogP contribution in [0.25, 0.3) is 0 Å². The van der Waals surface area contributed by atoms with Crippen molar-refractivity contribution in [3.05, 3.63) is 48.6 Å². The molecule has 31 heavy (non-hydrogen) atoms. The summed E-state index contributed by atoms with van der Waals surface area (Å²) in [5, 5.41) is 0. The number of likely N-dealkylation sites (N-methyl/N-ethyl adjacent to an activating group) is 1. The Bertz CT molecular complexity index is 630. The smallest absolute Gasteiger partial charge is 0.329 e. The summed E-state index contributed by atoms with van der Waals surface area (Å²) in [6, 6.07) is 0. The van der Waals surface area contributed by atoms with Gasteiger partial charge in [-0.3, -0.25) is 13.9 Å². The second-order valence-corrected chi connectivity index (χ2v) is 10.5. The highest BCUT2D eigenvalue weighted by Crippen LogP contribution is 2.44. The zero-order valence-electron chi connectivity index (χ0n) is 20.2. The second kappa shape index (κ2) is 18.3. The average Bonchev–Trinajstić information content (AvgIpc) is 2.69. The molecule has 0 amide bonds. The van der Waals surface area contributed by atoms with Gasteiger partial charge in [0.05, 0.1) is 21.1 Å². The van der Waals surface area contributed by atoms with Crippen molar-refractivity contribution in [3.8, 4) is 0 Å². The van der Waals surface area contributed by atoms with Gasteiger partial charge >= 0.3 is 7.60 Å². The first kappa shape index (κ1) is 29.7. The molecule has 0 spiro atoms. The zero-order chi connectivity index (χ0) is 23.4. The van der Waals surface area contributed by atoms with Crippen LogP contribution in [0.1, 0.15) is 71.1 Å². The molecule has 6 heteroatoms. The highest BCUT2D eigenvalue weighted by atomic mass is 31.2. The molecule has 1 atom stereocenters. The van der Waals surface area contributed by atoms with E-state index in [9.17, 15) is 14.3 Å². The molecule has 0 aromatic heterocycles. The van der Waals surface area contributed by atoms with Crippen LogP contribution in [0.4, 0.5) is 0 Å². The van der Waals surface area contributed by atoms with E-state index in [1.807, 2.05) is 27.2 Å². The van der Waals surface area contributed by atoms with Crippen LogP contribution in [0, 0.1) is 0 Å². The number of carbonyl (C=O) groups excluding carboxylic acids is 1. The van der Waals surface area contributed by atoms with Gasteiger partial charge in [-0.2, -0.15) is 0 Å². The Labute approximate surface area is 190 Å². The summed E-state index contributed by atoms with van der Waals surface area (Å²) < 4.78 is 17.5. The molecule has 178 valence electrons. The third kappa shape index (κ3) is 20.4. The fourth-order valence-electron chi connectivity index (χ4n) is 2.58. The molecule has 0 bridgehead atoms. The SMILES string of the molecule is CCCCC/C=C\C/C=C\C/C=C\C/C=C\CCCC(=O)P(=O)(O)OCC[N+](C)(C)C. The molecule has 0 aromatic rings. The summed E-state index contributed by atoms with van der Waals surface area (Å²) in [5.41, 5.74) is -0.690. The van der Waals surface area contributed by atoms with Crippen LogP contribution in [0.3, 0.4) is 0 Å². The van der Waals surface area contributed by atoms with E-state index in [2.05, 4.69) is 49.5 Å². The number of hydrogen-bond donors (Lipinski definition) is 1. The minimum atomic E-state index is -4.16. The maximum Gasteiger partial charge on any atom is 0.394 e. The first-order valence-corrected chi connectivity index (χ1v) is 13.2. The summed E-state index contributed by atoms with van der Waals surface area (Å²) in [5.74, 6) is 0. The van der Waals surface area contributed by atoms with Gasteiger partial charge in [-0.15, -0.1) is 0 Å². The highest BCUT2D eigenvalue weighted by Gasteiger charge is 2.30. The normalized spacial score (nSPS) is 15.0. The van der Waals surface area contributed by atoms with Crippen LogP contribution in [-0.4, -0.2) is 49.2 Å². The molecule has 0 aromatic carbocycles. The number of nitrogens with zero attached hydrogens (tertiary/aromatic N) is 1. The minimum absolute atomic E-state index is 0.0657. The van der Waals surface area contributed by atoms with E-state index < -0.39 is 13.1 Å². The molecule has 0 saturated carbocycles. The minimum Gasteiger partial charge on any atom is -0.329 e. The summed E-state index contributed by atoms with van der Waals surface area (Å²) in [7, 11) is 1.72. The number of rotatable bonds is 19. The van der Waals surface area contributed by atoms with Crippen LogP contribution in [-0.2, 0) is 13.9 Å². The van der Waals surface area contributed by atoms with Gasteiger partial charge < -0.3 is 9.38 Å². The molecule has 0 rings (SSSR count). The lowest BCUT2D eigenvalue weighted by molar-refractivity contribution is -0.870. The van der Waals surface area contributed by atoms with E-state index in [0.29, 0.717) is 23.9 Å². The van der Waals surface area contributed by atoms with Crippen LogP contribution in [0.5, 0.6) is 0 Å². The van der Waals surface area contributed by atoms with Crippen molar-refractivity contribution < 1.29 is 23.3 Å². The Balaban J connectivity index is 3.78. The second-order valence-electron chi connectivity index (χ2n) is 8.74. The molecule has 0 aliphatic carbocycles. The Kier molecular flexibility index (Phi) is 17.6. The molecule has 0 saturated heterocycles. The van der Waals surface area contributed by atoms with Gasteiger partial charge in [-0.05, 0) is 44.9 Å². The number of carbonyl (C=O) groups is 1. The Morgan fingerprint density at radius 1 is 0.839 bits per heavy atom. The lowest BCUT2D eigenvalue weighted by Gasteiger charge is -2.23. The van der Waals surface area contributed by atoms with Gasteiger partial charge in [0.2, 0.25) is 5.52 Å². The van der Waals surface area contributed by atoms with E-state index in [0.717, 1.165) is 19.3 Å². The monoisotopic (exact) mass is 454 g/mol. The van der Waals surface area contributed by atoms with Crippen LogP contribution < -0.4 is 0 Å². The van der Waals surface area contributed by atoms with E-state index in [-0.39, 0.29) is 13.0 Å². The van der Waals surface area contributed by atoms with Crippen LogP contribution in [0.2, 0.25) is 0 Å². The Morgan fingerprint density at radius 3 is 1.81 bits per heavy atom. The summed E-state index contributed by atoms with van der Waals surface area (Å²) in [6.45, 7) is 2.89. The zero-order valence-corrected chi connectivity index (χ0v) is 21.1. The summed E-state index contributed by atoms with van der Waals surface area (Å²) >= 11 is 0. The van der Waals surface area contributed by atoms with Crippen molar-refractivity contribution >= 4 is 13.1 Å². The van der Waals surface area contributed by atoms with Crippen molar-refractivity contribution in [2.75, 3.05) is 34.3 Å². The van der Waals surface area contributed by atoms with Crippen LogP contribution in [0.15, 0.2) is 48.6 Å². The van der Waals surface area contributed by atoms with Crippen molar-refractivity contribution in [2.24, 2.45) is 0 Å². The van der Waals surface area contributed by atoms with E-state index in [1.54, 1.807) is 0 Å². The van der Waals surface area contributed by atoms with Crippen LogP contribution >= 0.6 is 7.60 Å². The van der Waals surface area contributed by atoms with Crippen molar-refractivity contribution in [2.45, 2.75) is 71.1 Å². The molecule has 0 radical (unpaired) electrons. The summed E-state index contributed by atoms with van der Waals surface area (Å²) in [4.78, 5) is 21.6. The molecule has 0 aliphatic rings. The summed E-state index contributed by atoms with van der Waals surface area (Å²) in [6.07, 6.45) is 26.4. The fraction of sp³-hybridized carbons (Fsp3) is 0.640. The Morgan fingerprint density at radius 2 is 1.32 bits per heavy atom. The van der Waals surface area contributed by atoms with Gasteiger partial charge in [0, 0.05) is 6.42 Å². The van der Waals surface area contributed by atoms with Crippen molar-refractivity contribution in [1.29, 1.82) is 0 Å². The van der Waals surface area contributed by atoms with Gasteiger partial charge in [0.1, 0.15) is 13.2 Å². The molecule has 0 heterocycles. The van der Waals surface area contributed by atoms with E-state index in [4.69, 9.17) is 4.52 Å². The van der Waals surface area contributed by atoms with Gasteiger partial charge in [-0.25, -0.2) is 0 Å². The first-order valence-electron chi connectivity index (χ1n) is 11.6. The fourth-order valence-corrected chi connectivity index (χ4v) is 3.50. The lowest BCUT2D eigenvalue weighted by atomic mass is 10.2. The molecule has 1 N–H and O–H groups in total. The third-order valence-corrected chi connectivity index (χ3v) is 5.95. The van der Waals surface area contributed by atoms with Gasteiger partial charge in [-0.1, -0.05) is 68.4 Å². The topological polar surface area (TPSA) is 63.6 Å². The number of hydrogen-bond acceptors (Lipinski definition) is 3. The quantitative estimate of drug-likeness (QED) is 0.104.